The van der Waals surface area contributed by atoms with Gasteiger partial charge in [0, 0.05) is 12.1 Å². The molecule has 1 heterocycles. The first kappa shape index (κ1) is 12.2. The largest absolute Gasteiger partial charge is 0.204 e. The highest BCUT2D eigenvalue weighted by Crippen LogP contribution is 2.15. The van der Waals surface area contributed by atoms with E-state index in [1.165, 1.54) is 4.80 Å². The Hall–Kier alpha value is -2.81. The van der Waals surface area contributed by atoms with E-state index >= 15 is 0 Å². The monoisotopic (exact) mass is 270 g/mol. The summed E-state index contributed by atoms with van der Waals surface area (Å²) in [5.41, 5.74) is 1.96. The van der Waals surface area contributed by atoms with Crippen molar-refractivity contribution in [2.45, 2.75) is 6.54 Å². The van der Waals surface area contributed by atoms with Crippen molar-refractivity contribution in [2.75, 3.05) is 0 Å². The molecule has 0 saturated carbocycles. The third-order valence-corrected chi connectivity index (χ3v) is 2.84. The lowest BCUT2D eigenvalue weighted by molar-refractivity contribution is 0.510. The molecule has 0 unspecified atom stereocenters. The second-order valence-electron chi connectivity index (χ2n) is 4.30. The van der Waals surface area contributed by atoms with E-state index in [2.05, 4.69) is 10.2 Å². The van der Waals surface area contributed by atoms with Crippen LogP contribution in [-0.2, 0) is 6.54 Å². The maximum Gasteiger partial charge on any atom is 0.161 e. The lowest BCUT2D eigenvalue weighted by Crippen LogP contribution is -2.03. The number of nitriles is 1. The molecule has 0 aliphatic rings. The van der Waals surface area contributed by atoms with Crippen LogP contribution in [0.15, 0.2) is 36.4 Å². The molecule has 0 radical (unpaired) electrons. The van der Waals surface area contributed by atoms with Gasteiger partial charge < -0.3 is 0 Å². The number of hydrogen-bond acceptors (Lipinski definition) is 3. The summed E-state index contributed by atoms with van der Waals surface area (Å²) < 4.78 is 26.2. The summed E-state index contributed by atoms with van der Waals surface area (Å²) in [5.74, 6) is -1.90. The molecule has 6 heteroatoms. The van der Waals surface area contributed by atoms with Crippen molar-refractivity contribution in [3.8, 4) is 6.07 Å². The summed E-state index contributed by atoms with van der Waals surface area (Å²) in [4.78, 5) is 1.35. The van der Waals surface area contributed by atoms with Crippen molar-refractivity contribution in [3.63, 3.8) is 0 Å². The summed E-state index contributed by atoms with van der Waals surface area (Å²) >= 11 is 0. The SMILES string of the molecule is N#Cc1cccc(Cn2nc3cc(F)c(F)cc3n2)c1. The van der Waals surface area contributed by atoms with Crippen LogP contribution in [0.1, 0.15) is 11.1 Å². The first-order valence-electron chi connectivity index (χ1n) is 5.84. The zero-order valence-corrected chi connectivity index (χ0v) is 10.2. The van der Waals surface area contributed by atoms with E-state index in [0.717, 1.165) is 17.7 Å². The van der Waals surface area contributed by atoms with Crippen molar-refractivity contribution < 1.29 is 8.78 Å². The standard InChI is InChI=1S/C14H8F2N4/c15-11-5-13-14(6-12(11)16)19-20(18-13)8-10-3-1-2-9(4-10)7-17/h1-6H,8H2. The molecule has 2 aromatic carbocycles. The molecule has 0 N–H and O–H groups in total. The lowest BCUT2D eigenvalue weighted by atomic mass is 10.1. The molecule has 4 nitrogen and oxygen atoms in total. The van der Waals surface area contributed by atoms with Gasteiger partial charge >= 0.3 is 0 Å². The van der Waals surface area contributed by atoms with Crippen molar-refractivity contribution in [1.82, 2.24) is 15.0 Å². The van der Waals surface area contributed by atoms with E-state index in [1.54, 1.807) is 18.2 Å². The minimum atomic E-state index is -0.948. The molecule has 0 bridgehead atoms. The van der Waals surface area contributed by atoms with Crippen molar-refractivity contribution in [1.29, 1.82) is 5.26 Å². The van der Waals surface area contributed by atoms with Gasteiger partial charge in [0.2, 0.25) is 0 Å². The molecule has 0 aliphatic heterocycles. The number of aromatic nitrogens is 3. The van der Waals surface area contributed by atoms with E-state index in [1.807, 2.05) is 12.1 Å². The molecule has 1 aromatic heterocycles. The van der Waals surface area contributed by atoms with Crippen LogP contribution < -0.4 is 0 Å². The second-order valence-corrected chi connectivity index (χ2v) is 4.30. The molecule has 0 aliphatic carbocycles. The fraction of sp³-hybridized carbons (Fsp3) is 0.0714. The average molecular weight is 270 g/mol. The van der Waals surface area contributed by atoms with E-state index < -0.39 is 11.6 Å². The minimum absolute atomic E-state index is 0.292. The minimum Gasteiger partial charge on any atom is -0.204 e. The molecule has 3 aromatic rings. The molecule has 0 amide bonds. The first-order valence-corrected chi connectivity index (χ1v) is 5.84. The van der Waals surface area contributed by atoms with Gasteiger partial charge in [-0.05, 0) is 17.7 Å². The van der Waals surface area contributed by atoms with Gasteiger partial charge in [-0.25, -0.2) is 8.78 Å². The topological polar surface area (TPSA) is 54.5 Å². The van der Waals surface area contributed by atoms with E-state index in [4.69, 9.17) is 5.26 Å². The quantitative estimate of drug-likeness (QED) is 0.719. The van der Waals surface area contributed by atoms with Gasteiger partial charge in [-0.2, -0.15) is 20.3 Å². The van der Waals surface area contributed by atoms with Crippen LogP contribution >= 0.6 is 0 Å². The fourth-order valence-electron chi connectivity index (χ4n) is 1.93. The predicted octanol–water partition coefficient (Wildman–Crippen LogP) is 2.63. The third kappa shape index (κ3) is 2.21. The number of benzene rings is 2. The molecule has 0 saturated heterocycles. The van der Waals surface area contributed by atoms with Crippen LogP contribution in [0.5, 0.6) is 0 Å². The summed E-state index contributed by atoms with van der Waals surface area (Å²) in [6.45, 7) is 0.327. The van der Waals surface area contributed by atoms with Crippen molar-refractivity contribution >= 4 is 11.0 Å². The summed E-state index contributed by atoms with van der Waals surface area (Å²) in [5, 5.41) is 17.0. The number of halogens is 2. The summed E-state index contributed by atoms with van der Waals surface area (Å²) in [7, 11) is 0. The third-order valence-electron chi connectivity index (χ3n) is 2.84. The van der Waals surface area contributed by atoms with Crippen molar-refractivity contribution in [2.24, 2.45) is 0 Å². The van der Waals surface area contributed by atoms with Gasteiger partial charge in [-0.3, -0.25) is 0 Å². The van der Waals surface area contributed by atoms with E-state index in [0.29, 0.717) is 23.1 Å². The van der Waals surface area contributed by atoms with Crippen LogP contribution in [0.3, 0.4) is 0 Å². The van der Waals surface area contributed by atoms with E-state index in [9.17, 15) is 8.78 Å². The Morgan fingerprint density at radius 3 is 2.30 bits per heavy atom. The maximum atomic E-state index is 13.1. The summed E-state index contributed by atoms with van der Waals surface area (Å²) in [6, 6.07) is 11.1. The zero-order valence-electron chi connectivity index (χ0n) is 10.2. The Bertz CT molecular complexity index is 794. The van der Waals surface area contributed by atoms with Gasteiger partial charge in [0.25, 0.3) is 0 Å². The Balaban J connectivity index is 1.96. The number of nitrogens with zero attached hydrogens (tertiary/aromatic N) is 4. The zero-order chi connectivity index (χ0) is 14.1. The van der Waals surface area contributed by atoms with Crippen LogP contribution in [0, 0.1) is 23.0 Å². The average Bonchev–Trinajstić information content (AvgIpc) is 2.80. The smallest absolute Gasteiger partial charge is 0.161 e. The predicted molar refractivity (Wildman–Crippen MR) is 67.7 cm³/mol. The van der Waals surface area contributed by atoms with E-state index in [-0.39, 0.29) is 0 Å². The highest BCUT2D eigenvalue weighted by atomic mass is 19.2. The molecule has 98 valence electrons. The highest BCUT2D eigenvalue weighted by molar-refractivity contribution is 5.73. The molecule has 0 atom stereocenters. The van der Waals surface area contributed by atoms with Gasteiger partial charge in [-0.15, -0.1) is 0 Å². The molecular weight excluding hydrogens is 262 g/mol. The number of rotatable bonds is 2. The van der Waals surface area contributed by atoms with Gasteiger partial charge in [0.1, 0.15) is 11.0 Å². The molecular formula is C14H8F2N4. The maximum absolute atomic E-state index is 13.1. The Kier molecular flexibility index (Phi) is 2.88. The van der Waals surface area contributed by atoms with Gasteiger partial charge in [0.15, 0.2) is 11.6 Å². The van der Waals surface area contributed by atoms with Gasteiger partial charge in [0.05, 0.1) is 18.2 Å². The first-order chi connectivity index (χ1) is 9.65. The molecule has 3 rings (SSSR count). The summed E-state index contributed by atoms with van der Waals surface area (Å²) in [6.07, 6.45) is 0. The lowest BCUT2D eigenvalue weighted by Gasteiger charge is -2.00. The number of hydrogen-bond donors (Lipinski definition) is 0. The molecule has 20 heavy (non-hydrogen) atoms. The fourth-order valence-corrected chi connectivity index (χ4v) is 1.93. The highest BCUT2D eigenvalue weighted by Gasteiger charge is 2.09. The normalized spacial score (nSPS) is 10.7. The van der Waals surface area contributed by atoms with Crippen LogP contribution in [-0.4, -0.2) is 15.0 Å². The number of fused-ring (bicyclic) bond motifs is 1. The van der Waals surface area contributed by atoms with Crippen LogP contribution in [0.2, 0.25) is 0 Å². The molecule has 0 spiro atoms. The second kappa shape index (κ2) is 4.70. The van der Waals surface area contributed by atoms with Gasteiger partial charge in [-0.1, -0.05) is 12.1 Å². The van der Waals surface area contributed by atoms with Crippen LogP contribution in [0.25, 0.3) is 11.0 Å². The Labute approximate surface area is 112 Å². The Morgan fingerprint density at radius 1 is 1.05 bits per heavy atom. The van der Waals surface area contributed by atoms with Crippen LogP contribution in [0.4, 0.5) is 8.78 Å². The molecule has 0 fully saturated rings. The Morgan fingerprint density at radius 2 is 1.70 bits per heavy atom. The van der Waals surface area contributed by atoms with Crippen molar-refractivity contribution in [3.05, 3.63) is 59.2 Å².